The fourth-order valence-electron chi connectivity index (χ4n) is 0.444. The normalized spacial score (nSPS) is 11.4. The summed E-state index contributed by atoms with van der Waals surface area (Å²) in [7, 11) is 0.643. The van der Waals surface area contributed by atoms with Crippen LogP contribution in [0.25, 0.3) is 0 Å². The zero-order valence-corrected chi connectivity index (χ0v) is 6.76. The lowest BCUT2D eigenvalue weighted by atomic mass is 11.3. The smallest absolute Gasteiger partial charge is 0.390 e. The van der Waals surface area contributed by atoms with Gasteiger partial charge in [-0.3, -0.25) is 0 Å². The summed E-state index contributed by atoms with van der Waals surface area (Å²) >= 11 is 0. The first-order valence-corrected chi connectivity index (χ1v) is 4.69. The van der Waals surface area contributed by atoms with Crippen LogP contribution in [0.3, 0.4) is 0 Å². The highest BCUT2D eigenvalue weighted by molar-refractivity contribution is 6.72. The highest BCUT2D eigenvalue weighted by Crippen LogP contribution is 2.03. The maximum absolute atomic E-state index is 8.72. The van der Waals surface area contributed by atoms with Gasteiger partial charge < -0.3 is 14.0 Å². The van der Waals surface area contributed by atoms with Crippen LogP contribution < -0.4 is 0 Å². The largest absolute Gasteiger partial charge is 0.394 e. The SMILES string of the molecule is C=C[Si](CO)(OC)OC. The molecule has 0 fully saturated rings. The molecule has 4 heteroatoms. The van der Waals surface area contributed by atoms with E-state index in [2.05, 4.69) is 6.58 Å². The molecule has 9 heavy (non-hydrogen) atoms. The van der Waals surface area contributed by atoms with Crippen molar-refractivity contribution in [3.8, 4) is 0 Å². The zero-order chi connectivity index (χ0) is 7.33. The molecule has 0 aromatic carbocycles. The number of hydrogen-bond donors (Lipinski definition) is 1. The van der Waals surface area contributed by atoms with Crippen LogP contribution in [0.4, 0.5) is 0 Å². The van der Waals surface area contributed by atoms with Crippen molar-refractivity contribution in [2.24, 2.45) is 0 Å². The van der Waals surface area contributed by atoms with Crippen molar-refractivity contribution >= 4 is 8.56 Å². The molecule has 0 aromatic rings. The van der Waals surface area contributed by atoms with E-state index in [1.165, 1.54) is 14.2 Å². The van der Waals surface area contributed by atoms with E-state index in [4.69, 9.17) is 14.0 Å². The molecule has 0 saturated heterocycles. The van der Waals surface area contributed by atoms with E-state index in [0.29, 0.717) is 0 Å². The fraction of sp³-hybridized carbons (Fsp3) is 0.600. The second-order valence-electron chi connectivity index (χ2n) is 1.58. The van der Waals surface area contributed by atoms with Gasteiger partial charge in [0, 0.05) is 14.2 Å². The molecule has 0 radical (unpaired) electrons. The van der Waals surface area contributed by atoms with E-state index in [9.17, 15) is 0 Å². The Hall–Kier alpha value is -0.163. The maximum Gasteiger partial charge on any atom is 0.390 e. The van der Waals surface area contributed by atoms with E-state index in [1.807, 2.05) is 0 Å². The molecular weight excluding hydrogens is 136 g/mol. The Morgan fingerprint density at radius 2 is 2.00 bits per heavy atom. The standard InChI is InChI=1S/C5H12O3Si/c1-4-9(5-6,7-2)8-3/h4,6H,1,5H2,2-3H3. The van der Waals surface area contributed by atoms with Gasteiger partial charge in [-0.2, -0.15) is 0 Å². The summed E-state index contributed by atoms with van der Waals surface area (Å²) in [5.74, 6) is 0. The second kappa shape index (κ2) is 3.79. The number of hydrogen-bond acceptors (Lipinski definition) is 3. The minimum Gasteiger partial charge on any atom is -0.394 e. The van der Waals surface area contributed by atoms with Crippen molar-refractivity contribution in [3.05, 3.63) is 12.3 Å². The summed E-state index contributed by atoms with van der Waals surface area (Å²) in [6.07, 6.45) is -0.0799. The van der Waals surface area contributed by atoms with Gasteiger partial charge in [0.25, 0.3) is 0 Å². The number of aliphatic hydroxyl groups is 1. The third kappa shape index (κ3) is 1.91. The Morgan fingerprint density at radius 1 is 1.56 bits per heavy atom. The van der Waals surface area contributed by atoms with E-state index in [-0.39, 0.29) is 6.23 Å². The first-order chi connectivity index (χ1) is 4.24. The number of aliphatic hydroxyl groups excluding tert-OH is 1. The lowest BCUT2D eigenvalue weighted by molar-refractivity contribution is 0.209. The summed E-state index contributed by atoms with van der Waals surface area (Å²) in [4.78, 5) is 0. The Bertz CT molecular complexity index is 81.9. The summed E-state index contributed by atoms with van der Waals surface area (Å²) in [5.41, 5.74) is 1.55. The third-order valence-electron chi connectivity index (χ3n) is 1.22. The molecule has 0 aliphatic rings. The third-order valence-corrected chi connectivity index (χ3v) is 3.67. The average Bonchev–Trinajstić information content (AvgIpc) is 1.95. The average molecular weight is 148 g/mol. The van der Waals surface area contributed by atoms with E-state index in [1.54, 1.807) is 5.70 Å². The van der Waals surface area contributed by atoms with Crippen LogP contribution in [0.2, 0.25) is 0 Å². The van der Waals surface area contributed by atoms with E-state index < -0.39 is 8.56 Å². The van der Waals surface area contributed by atoms with Gasteiger partial charge in [-0.25, -0.2) is 0 Å². The predicted molar refractivity (Wildman–Crippen MR) is 37.1 cm³/mol. The molecule has 0 heterocycles. The Morgan fingerprint density at radius 3 is 2.00 bits per heavy atom. The maximum atomic E-state index is 8.72. The van der Waals surface area contributed by atoms with E-state index >= 15 is 0 Å². The van der Waals surface area contributed by atoms with Crippen LogP contribution in [0.5, 0.6) is 0 Å². The molecule has 0 atom stereocenters. The molecule has 0 saturated carbocycles. The molecule has 0 aromatic heterocycles. The van der Waals surface area contributed by atoms with Gasteiger partial charge in [-0.05, 0) is 5.70 Å². The minimum absolute atomic E-state index is 0.0799. The van der Waals surface area contributed by atoms with Crippen LogP contribution in [-0.4, -0.2) is 34.1 Å². The Labute approximate surface area is 56.2 Å². The molecule has 1 N–H and O–H groups in total. The highest BCUT2D eigenvalue weighted by atomic mass is 28.4. The molecule has 0 amide bonds. The fourth-order valence-corrected chi connectivity index (χ4v) is 1.33. The molecule has 3 nitrogen and oxygen atoms in total. The van der Waals surface area contributed by atoms with Gasteiger partial charge in [0.1, 0.15) is 0 Å². The van der Waals surface area contributed by atoms with Crippen molar-refractivity contribution < 1.29 is 14.0 Å². The van der Waals surface area contributed by atoms with E-state index in [0.717, 1.165) is 0 Å². The van der Waals surface area contributed by atoms with Crippen LogP contribution >= 0.6 is 0 Å². The van der Waals surface area contributed by atoms with Crippen LogP contribution in [0.15, 0.2) is 12.3 Å². The molecule has 0 rings (SSSR count). The minimum atomic E-state index is -2.37. The summed E-state index contributed by atoms with van der Waals surface area (Å²) in [5, 5.41) is 8.72. The highest BCUT2D eigenvalue weighted by Gasteiger charge is 2.30. The topological polar surface area (TPSA) is 38.7 Å². The summed E-state index contributed by atoms with van der Waals surface area (Å²) < 4.78 is 9.87. The molecule has 0 spiro atoms. The predicted octanol–water partition coefficient (Wildman–Crippen LogP) is -0.0219. The van der Waals surface area contributed by atoms with Gasteiger partial charge in [0.05, 0.1) is 6.23 Å². The first kappa shape index (κ1) is 8.84. The van der Waals surface area contributed by atoms with Crippen molar-refractivity contribution in [3.63, 3.8) is 0 Å². The molecule has 0 bridgehead atoms. The van der Waals surface area contributed by atoms with Gasteiger partial charge in [0.15, 0.2) is 0 Å². The number of rotatable bonds is 4. The summed E-state index contributed by atoms with van der Waals surface area (Å²) in [6, 6.07) is 0. The molecule has 0 unspecified atom stereocenters. The van der Waals surface area contributed by atoms with Crippen molar-refractivity contribution in [1.29, 1.82) is 0 Å². The molecular formula is C5H12O3Si. The lowest BCUT2D eigenvalue weighted by Crippen LogP contribution is -2.42. The van der Waals surface area contributed by atoms with Gasteiger partial charge >= 0.3 is 8.56 Å². The van der Waals surface area contributed by atoms with Crippen molar-refractivity contribution in [2.75, 3.05) is 20.4 Å². The molecule has 0 aliphatic heterocycles. The Kier molecular flexibility index (Phi) is 3.72. The Balaban J connectivity index is 3.98. The van der Waals surface area contributed by atoms with Gasteiger partial charge in [-0.15, -0.1) is 6.58 Å². The second-order valence-corrected chi connectivity index (χ2v) is 4.75. The van der Waals surface area contributed by atoms with Crippen LogP contribution in [0.1, 0.15) is 0 Å². The van der Waals surface area contributed by atoms with Gasteiger partial charge in [0.2, 0.25) is 0 Å². The quantitative estimate of drug-likeness (QED) is 0.569. The van der Waals surface area contributed by atoms with Gasteiger partial charge in [-0.1, -0.05) is 0 Å². The van der Waals surface area contributed by atoms with Crippen LogP contribution in [-0.2, 0) is 8.85 Å². The molecule has 54 valence electrons. The van der Waals surface area contributed by atoms with Crippen molar-refractivity contribution in [2.45, 2.75) is 0 Å². The first-order valence-electron chi connectivity index (χ1n) is 2.59. The summed E-state index contributed by atoms with van der Waals surface area (Å²) in [6.45, 7) is 3.50. The van der Waals surface area contributed by atoms with Crippen molar-refractivity contribution in [1.82, 2.24) is 0 Å². The van der Waals surface area contributed by atoms with Crippen LogP contribution in [0, 0.1) is 0 Å². The lowest BCUT2D eigenvalue weighted by Gasteiger charge is -2.19. The molecule has 0 aliphatic carbocycles. The zero-order valence-electron chi connectivity index (χ0n) is 5.76. The monoisotopic (exact) mass is 148 g/mol.